The molecule has 8 nitrogen and oxygen atoms in total. The van der Waals surface area contributed by atoms with Gasteiger partial charge in [0.15, 0.2) is 0 Å². The van der Waals surface area contributed by atoms with Crippen LogP contribution >= 0.6 is 0 Å². The Bertz CT molecular complexity index is 528. The van der Waals surface area contributed by atoms with Crippen molar-refractivity contribution < 1.29 is 29.0 Å². The second-order valence-corrected chi connectivity index (χ2v) is 7.48. The van der Waals surface area contributed by atoms with Crippen molar-refractivity contribution in [3.63, 3.8) is 0 Å². The molecular weight excluding hydrogens is 340 g/mol. The van der Waals surface area contributed by atoms with Crippen LogP contribution in [0.3, 0.4) is 0 Å². The molecule has 2 heterocycles. The Balaban J connectivity index is 1.60. The lowest BCUT2D eigenvalue weighted by Gasteiger charge is -2.29. The molecule has 146 valence electrons. The molecule has 2 saturated heterocycles. The fourth-order valence-electron chi connectivity index (χ4n) is 4.05. The molecule has 0 aromatic heterocycles. The van der Waals surface area contributed by atoms with E-state index >= 15 is 0 Å². The summed E-state index contributed by atoms with van der Waals surface area (Å²) in [7, 11) is 0. The second-order valence-electron chi connectivity index (χ2n) is 7.48. The van der Waals surface area contributed by atoms with Crippen LogP contribution in [0.4, 0.5) is 0 Å². The van der Waals surface area contributed by atoms with Gasteiger partial charge in [-0.05, 0) is 12.3 Å². The minimum absolute atomic E-state index is 0.0363. The molecule has 0 radical (unpaired) electrons. The van der Waals surface area contributed by atoms with E-state index in [2.05, 4.69) is 10.1 Å². The van der Waals surface area contributed by atoms with Crippen molar-refractivity contribution in [2.45, 2.75) is 57.3 Å². The number of nitrogens with one attached hydrogen (secondary N) is 1. The van der Waals surface area contributed by atoms with E-state index in [1.165, 1.54) is 12.8 Å². The molecule has 26 heavy (non-hydrogen) atoms. The maximum Gasteiger partial charge on any atom is 0.310 e. The van der Waals surface area contributed by atoms with Crippen molar-refractivity contribution in [1.29, 1.82) is 0 Å². The summed E-state index contributed by atoms with van der Waals surface area (Å²) in [6.07, 6.45) is 3.97. The van der Waals surface area contributed by atoms with Crippen molar-refractivity contribution in [2.24, 2.45) is 11.8 Å². The van der Waals surface area contributed by atoms with Crippen LogP contribution in [0, 0.1) is 11.8 Å². The number of aliphatic hydroxyl groups is 1. The van der Waals surface area contributed by atoms with Crippen LogP contribution in [0.1, 0.15) is 44.9 Å². The average molecular weight is 368 g/mol. The molecule has 0 bridgehead atoms. The zero-order chi connectivity index (χ0) is 18.5. The van der Waals surface area contributed by atoms with E-state index in [0.717, 1.165) is 12.8 Å². The lowest BCUT2D eigenvalue weighted by molar-refractivity contribution is -0.155. The number of esters is 1. The monoisotopic (exact) mass is 368 g/mol. The van der Waals surface area contributed by atoms with E-state index in [4.69, 9.17) is 4.74 Å². The molecule has 0 spiro atoms. The average Bonchev–Trinajstić information content (AvgIpc) is 3.24. The summed E-state index contributed by atoms with van der Waals surface area (Å²) in [6.45, 7) is 2.17. The van der Waals surface area contributed by atoms with Crippen LogP contribution in [0.2, 0.25) is 0 Å². The number of carbonyl (C=O) groups excluding carboxylic acids is 3. The molecule has 3 atom stereocenters. The zero-order valence-corrected chi connectivity index (χ0v) is 15.0. The number of nitrogens with zero attached hydrogens (tertiary/aromatic N) is 1. The zero-order valence-electron chi connectivity index (χ0n) is 15.0. The highest BCUT2D eigenvalue weighted by Gasteiger charge is 2.37. The van der Waals surface area contributed by atoms with Crippen molar-refractivity contribution in [2.75, 3.05) is 26.3 Å². The highest BCUT2D eigenvalue weighted by molar-refractivity contribution is 5.86. The Morgan fingerprint density at radius 2 is 1.92 bits per heavy atom. The van der Waals surface area contributed by atoms with E-state index in [0.29, 0.717) is 38.6 Å². The summed E-state index contributed by atoms with van der Waals surface area (Å²) in [6, 6.07) is -0.737. The Kier molecular flexibility index (Phi) is 6.48. The van der Waals surface area contributed by atoms with Crippen molar-refractivity contribution >= 4 is 17.8 Å². The van der Waals surface area contributed by atoms with Crippen LogP contribution in [0.5, 0.6) is 0 Å². The lowest BCUT2D eigenvalue weighted by Crippen LogP contribution is -2.46. The number of carbonyl (C=O) groups is 3. The van der Waals surface area contributed by atoms with Crippen molar-refractivity contribution in [1.82, 2.24) is 10.2 Å². The Hall–Kier alpha value is -1.67. The summed E-state index contributed by atoms with van der Waals surface area (Å²) >= 11 is 0. The van der Waals surface area contributed by atoms with Gasteiger partial charge < -0.3 is 24.8 Å². The third-order valence-electron chi connectivity index (χ3n) is 5.56. The van der Waals surface area contributed by atoms with Crippen molar-refractivity contribution in [3.8, 4) is 0 Å². The van der Waals surface area contributed by atoms with E-state index in [1.54, 1.807) is 4.90 Å². The minimum atomic E-state index is -1.31. The van der Waals surface area contributed by atoms with Gasteiger partial charge in [0.25, 0.3) is 0 Å². The number of morpholine rings is 1. The van der Waals surface area contributed by atoms with Gasteiger partial charge in [-0.25, -0.2) is 0 Å². The molecule has 0 unspecified atom stereocenters. The molecule has 3 rings (SSSR count). The normalized spacial score (nSPS) is 28.0. The SMILES string of the molecule is O=C1C[C@H](NC(=O)[C@@H](CC(=O)N2CCOCC2)CC2CCCC2)[C@H](O)O1. The van der Waals surface area contributed by atoms with Gasteiger partial charge in [-0.3, -0.25) is 14.4 Å². The number of ether oxygens (including phenoxy) is 2. The number of cyclic esters (lactones) is 1. The van der Waals surface area contributed by atoms with E-state index < -0.39 is 24.2 Å². The number of amides is 2. The molecule has 0 aromatic carbocycles. The van der Waals surface area contributed by atoms with Gasteiger partial charge >= 0.3 is 5.97 Å². The molecule has 1 aliphatic carbocycles. The van der Waals surface area contributed by atoms with E-state index in [-0.39, 0.29) is 24.7 Å². The summed E-state index contributed by atoms with van der Waals surface area (Å²) in [5.74, 6) is -0.836. The van der Waals surface area contributed by atoms with Crippen molar-refractivity contribution in [3.05, 3.63) is 0 Å². The van der Waals surface area contributed by atoms with Crippen LogP contribution < -0.4 is 5.32 Å². The van der Waals surface area contributed by atoms with Gasteiger partial charge in [-0.15, -0.1) is 0 Å². The molecule has 2 N–H and O–H groups in total. The van der Waals surface area contributed by atoms with E-state index in [1.807, 2.05) is 0 Å². The maximum absolute atomic E-state index is 12.8. The van der Waals surface area contributed by atoms with E-state index in [9.17, 15) is 19.5 Å². The summed E-state index contributed by atoms with van der Waals surface area (Å²) < 4.78 is 9.95. The van der Waals surface area contributed by atoms with Crippen LogP contribution in [-0.2, 0) is 23.9 Å². The van der Waals surface area contributed by atoms with Gasteiger partial charge in [0, 0.05) is 25.4 Å². The van der Waals surface area contributed by atoms with Gasteiger partial charge in [-0.1, -0.05) is 25.7 Å². The topological polar surface area (TPSA) is 105 Å². The lowest BCUT2D eigenvalue weighted by atomic mass is 9.89. The highest BCUT2D eigenvalue weighted by Crippen LogP contribution is 2.32. The molecule has 2 aliphatic heterocycles. The second kappa shape index (κ2) is 8.81. The highest BCUT2D eigenvalue weighted by atomic mass is 16.6. The quantitative estimate of drug-likeness (QED) is 0.648. The fraction of sp³-hybridized carbons (Fsp3) is 0.833. The molecular formula is C18H28N2O6. The van der Waals surface area contributed by atoms with Gasteiger partial charge in [-0.2, -0.15) is 0 Å². The number of aliphatic hydroxyl groups excluding tert-OH is 1. The predicted octanol–water partition coefficient (Wildman–Crippen LogP) is 0.182. The first-order chi connectivity index (χ1) is 12.5. The molecule has 3 aliphatic rings. The Morgan fingerprint density at radius 1 is 1.23 bits per heavy atom. The first-order valence-corrected chi connectivity index (χ1v) is 9.56. The smallest absolute Gasteiger partial charge is 0.310 e. The third kappa shape index (κ3) is 4.94. The summed E-state index contributed by atoms with van der Waals surface area (Å²) in [5.41, 5.74) is 0. The minimum Gasteiger partial charge on any atom is -0.434 e. The molecule has 3 fully saturated rings. The Morgan fingerprint density at radius 3 is 2.54 bits per heavy atom. The first kappa shape index (κ1) is 19.1. The Labute approximate surface area is 153 Å². The van der Waals surface area contributed by atoms with Crippen LogP contribution in [-0.4, -0.2) is 66.4 Å². The van der Waals surface area contributed by atoms with Gasteiger partial charge in [0.1, 0.15) is 6.04 Å². The third-order valence-corrected chi connectivity index (χ3v) is 5.56. The number of hydrogen-bond donors (Lipinski definition) is 2. The summed E-state index contributed by atoms with van der Waals surface area (Å²) in [5, 5.41) is 12.4. The summed E-state index contributed by atoms with van der Waals surface area (Å²) in [4.78, 5) is 38.4. The number of rotatable bonds is 6. The maximum atomic E-state index is 12.8. The van der Waals surface area contributed by atoms with Crippen LogP contribution in [0.25, 0.3) is 0 Å². The largest absolute Gasteiger partial charge is 0.434 e. The molecule has 8 heteroatoms. The fourth-order valence-corrected chi connectivity index (χ4v) is 4.05. The van der Waals surface area contributed by atoms with Gasteiger partial charge in [0.2, 0.25) is 18.1 Å². The van der Waals surface area contributed by atoms with Crippen LogP contribution in [0.15, 0.2) is 0 Å². The predicted molar refractivity (Wildman–Crippen MR) is 90.7 cm³/mol. The molecule has 0 aromatic rings. The standard InChI is InChI=1S/C18H28N2O6/c21-15(20-5-7-25-8-6-20)10-13(9-12-3-1-2-4-12)17(23)19-14-11-16(22)26-18(14)24/h12-14,18,24H,1-11H2,(H,19,23)/t13-,14+,18-/m1/s1. The van der Waals surface area contributed by atoms with Gasteiger partial charge in [0.05, 0.1) is 19.6 Å². The molecule has 1 saturated carbocycles. The number of hydrogen-bond acceptors (Lipinski definition) is 6. The first-order valence-electron chi connectivity index (χ1n) is 9.56. The molecule has 2 amide bonds.